The summed E-state index contributed by atoms with van der Waals surface area (Å²) >= 11 is 0. The molecule has 0 bridgehead atoms. The van der Waals surface area contributed by atoms with Gasteiger partial charge in [0, 0.05) is 29.1 Å². The van der Waals surface area contributed by atoms with Gasteiger partial charge in [-0.3, -0.25) is 0 Å². The van der Waals surface area contributed by atoms with Crippen molar-refractivity contribution >= 4 is 11.5 Å². The number of pyridine rings is 1. The summed E-state index contributed by atoms with van der Waals surface area (Å²) in [5, 5.41) is 2.95. The van der Waals surface area contributed by atoms with Crippen molar-refractivity contribution in [2.75, 3.05) is 12.4 Å². The van der Waals surface area contributed by atoms with Crippen molar-refractivity contribution in [2.45, 2.75) is 6.36 Å². The number of rotatable bonds is 5. The zero-order valence-electron chi connectivity index (χ0n) is 13.7. The Kier molecular flexibility index (Phi) is 4.97. The molecule has 1 heterocycles. The molecule has 1 N–H and O–H groups in total. The number of hydrogen-bond acceptors (Lipinski definition) is 4. The molecular weight excluding hydrogens is 345 g/mol. The highest BCUT2D eigenvalue weighted by Gasteiger charge is 2.31. The number of alkyl halides is 3. The van der Waals surface area contributed by atoms with Gasteiger partial charge in [0.2, 0.25) is 0 Å². The Labute approximate surface area is 148 Å². The van der Waals surface area contributed by atoms with Crippen LogP contribution < -0.4 is 14.8 Å². The SMILES string of the molecule is COc1ccccc1-c1ccc(Nc2cccc(OC(F)(F)F)c2)nc1. The average Bonchev–Trinajstić information content (AvgIpc) is 2.61. The molecule has 26 heavy (non-hydrogen) atoms. The fourth-order valence-electron chi connectivity index (χ4n) is 2.43. The molecule has 0 saturated heterocycles. The van der Waals surface area contributed by atoms with Crippen LogP contribution in [0.2, 0.25) is 0 Å². The lowest BCUT2D eigenvalue weighted by Crippen LogP contribution is -2.17. The van der Waals surface area contributed by atoms with E-state index in [4.69, 9.17) is 4.74 Å². The van der Waals surface area contributed by atoms with Crippen molar-refractivity contribution in [1.82, 2.24) is 4.98 Å². The number of halogens is 3. The number of hydrogen-bond donors (Lipinski definition) is 1. The van der Waals surface area contributed by atoms with Crippen LogP contribution in [0.1, 0.15) is 0 Å². The van der Waals surface area contributed by atoms with E-state index in [2.05, 4.69) is 15.0 Å². The Bertz CT molecular complexity index is 880. The number of anilines is 2. The van der Waals surface area contributed by atoms with E-state index in [1.807, 2.05) is 30.3 Å². The van der Waals surface area contributed by atoms with Crippen molar-refractivity contribution in [2.24, 2.45) is 0 Å². The van der Waals surface area contributed by atoms with Crippen molar-refractivity contribution < 1.29 is 22.6 Å². The smallest absolute Gasteiger partial charge is 0.496 e. The first-order chi connectivity index (χ1) is 12.4. The van der Waals surface area contributed by atoms with Gasteiger partial charge in [-0.2, -0.15) is 0 Å². The van der Waals surface area contributed by atoms with E-state index < -0.39 is 6.36 Å². The summed E-state index contributed by atoms with van der Waals surface area (Å²) in [5.41, 5.74) is 2.20. The van der Waals surface area contributed by atoms with Crippen LogP contribution in [0.5, 0.6) is 11.5 Å². The molecule has 0 radical (unpaired) electrons. The molecular formula is C19H15F3N2O2. The van der Waals surface area contributed by atoms with Crippen molar-refractivity contribution in [3.05, 3.63) is 66.9 Å². The number of nitrogens with zero attached hydrogens (tertiary/aromatic N) is 1. The fourth-order valence-corrected chi connectivity index (χ4v) is 2.43. The second kappa shape index (κ2) is 7.35. The molecule has 4 nitrogen and oxygen atoms in total. The second-order valence-electron chi connectivity index (χ2n) is 5.33. The summed E-state index contributed by atoms with van der Waals surface area (Å²) in [6.45, 7) is 0. The molecule has 3 aromatic rings. The molecule has 0 unspecified atom stereocenters. The third-order valence-corrected chi connectivity index (χ3v) is 3.52. The molecule has 134 valence electrons. The standard InChI is InChI=1S/C19H15F3N2O2/c1-25-17-8-3-2-7-16(17)13-9-10-18(23-12-13)24-14-5-4-6-15(11-14)26-19(20,21)22/h2-12H,1H3,(H,23,24). The Balaban J connectivity index is 1.77. The zero-order valence-corrected chi connectivity index (χ0v) is 13.7. The average molecular weight is 360 g/mol. The van der Waals surface area contributed by atoms with Gasteiger partial charge in [-0.1, -0.05) is 24.3 Å². The van der Waals surface area contributed by atoms with Crippen molar-refractivity contribution in [3.8, 4) is 22.6 Å². The normalized spacial score (nSPS) is 11.1. The number of methoxy groups -OCH3 is 1. The number of aromatic nitrogens is 1. The van der Waals surface area contributed by atoms with Gasteiger partial charge in [-0.25, -0.2) is 4.98 Å². The molecule has 0 atom stereocenters. The first-order valence-corrected chi connectivity index (χ1v) is 7.67. The first kappa shape index (κ1) is 17.6. The Morgan fingerprint density at radius 3 is 2.46 bits per heavy atom. The van der Waals surface area contributed by atoms with E-state index >= 15 is 0 Å². The summed E-state index contributed by atoms with van der Waals surface area (Å²) in [7, 11) is 1.60. The van der Waals surface area contributed by atoms with Gasteiger partial charge in [0.15, 0.2) is 0 Å². The van der Waals surface area contributed by atoms with Crippen LogP contribution in [0.4, 0.5) is 24.7 Å². The topological polar surface area (TPSA) is 43.4 Å². The minimum atomic E-state index is -4.73. The van der Waals surface area contributed by atoms with Crippen LogP contribution in [0.3, 0.4) is 0 Å². The molecule has 0 aliphatic heterocycles. The Morgan fingerprint density at radius 1 is 0.962 bits per heavy atom. The van der Waals surface area contributed by atoms with Gasteiger partial charge in [0.05, 0.1) is 7.11 Å². The second-order valence-corrected chi connectivity index (χ2v) is 5.33. The fraction of sp³-hybridized carbons (Fsp3) is 0.105. The quantitative estimate of drug-likeness (QED) is 0.662. The third kappa shape index (κ3) is 4.44. The van der Waals surface area contributed by atoms with E-state index in [-0.39, 0.29) is 5.75 Å². The van der Waals surface area contributed by atoms with Crippen molar-refractivity contribution in [3.63, 3.8) is 0 Å². The third-order valence-electron chi connectivity index (χ3n) is 3.52. The van der Waals surface area contributed by atoms with Gasteiger partial charge < -0.3 is 14.8 Å². The van der Waals surface area contributed by atoms with E-state index in [1.165, 1.54) is 18.2 Å². The maximum absolute atomic E-state index is 12.3. The van der Waals surface area contributed by atoms with E-state index in [0.717, 1.165) is 16.9 Å². The lowest BCUT2D eigenvalue weighted by Gasteiger charge is -2.12. The highest BCUT2D eigenvalue weighted by molar-refractivity contribution is 5.71. The maximum Gasteiger partial charge on any atom is 0.573 e. The van der Waals surface area contributed by atoms with Crippen LogP contribution in [-0.4, -0.2) is 18.5 Å². The number of benzene rings is 2. The first-order valence-electron chi connectivity index (χ1n) is 7.67. The van der Waals surface area contributed by atoms with Gasteiger partial charge in [-0.15, -0.1) is 13.2 Å². The molecule has 7 heteroatoms. The summed E-state index contributed by atoms with van der Waals surface area (Å²) < 4.78 is 46.1. The molecule has 0 aliphatic rings. The minimum absolute atomic E-state index is 0.298. The number of ether oxygens (including phenoxy) is 2. The minimum Gasteiger partial charge on any atom is -0.496 e. The highest BCUT2D eigenvalue weighted by Crippen LogP contribution is 2.30. The lowest BCUT2D eigenvalue weighted by atomic mass is 10.1. The van der Waals surface area contributed by atoms with E-state index in [9.17, 15) is 13.2 Å². The molecule has 0 saturated carbocycles. The maximum atomic E-state index is 12.3. The van der Waals surface area contributed by atoms with Gasteiger partial charge >= 0.3 is 6.36 Å². The number of nitrogens with one attached hydrogen (secondary N) is 1. The largest absolute Gasteiger partial charge is 0.573 e. The summed E-state index contributed by atoms with van der Waals surface area (Å²) in [5.74, 6) is 0.924. The highest BCUT2D eigenvalue weighted by atomic mass is 19.4. The van der Waals surface area contributed by atoms with Crippen LogP contribution in [-0.2, 0) is 0 Å². The summed E-state index contributed by atoms with van der Waals surface area (Å²) in [6, 6.07) is 16.7. The molecule has 1 aromatic heterocycles. The van der Waals surface area contributed by atoms with E-state index in [0.29, 0.717) is 11.5 Å². The monoisotopic (exact) mass is 360 g/mol. The van der Waals surface area contributed by atoms with E-state index in [1.54, 1.807) is 25.4 Å². The predicted molar refractivity (Wildman–Crippen MR) is 92.6 cm³/mol. The van der Waals surface area contributed by atoms with Crippen LogP contribution >= 0.6 is 0 Å². The zero-order chi connectivity index (χ0) is 18.6. The Morgan fingerprint density at radius 2 is 1.77 bits per heavy atom. The summed E-state index contributed by atoms with van der Waals surface area (Å²) in [6.07, 6.45) is -3.07. The molecule has 2 aromatic carbocycles. The number of para-hydroxylation sites is 1. The van der Waals surface area contributed by atoms with Gasteiger partial charge in [0.1, 0.15) is 17.3 Å². The molecule has 0 fully saturated rings. The molecule has 0 amide bonds. The molecule has 0 aliphatic carbocycles. The lowest BCUT2D eigenvalue weighted by molar-refractivity contribution is -0.274. The van der Waals surface area contributed by atoms with Crippen LogP contribution in [0, 0.1) is 0 Å². The summed E-state index contributed by atoms with van der Waals surface area (Å²) in [4.78, 5) is 4.30. The molecule has 3 rings (SSSR count). The van der Waals surface area contributed by atoms with Gasteiger partial charge in [-0.05, 0) is 30.3 Å². The Hall–Kier alpha value is -3.22. The van der Waals surface area contributed by atoms with Crippen LogP contribution in [0.15, 0.2) is 66.9 Å². The molecule has 0 spiro atoms. The predicted octanol–water partition coefficient (Wildman–Crippen LogP) is 5.40. The van der Waals surface area contributed by atoms with Crippen molar-refractivity contribution in [1.29, 1.82) is 0 Å². The van der Waals surface area contributed by atoms with Crippen LogP contribution in [0.25, 0.3) is 11.1 Å². The van der Waals surface area contributed by atoms with Gasteiger partial charge in [0.25, 0.3) is 0 Å².